The lowest BCUT2D eigenvalue weighted by Gasteiger charge is -2.41. The molecule has 1 aromatic carbocycles. The van der Waals surface area contributed by atoms with Gasteiger partial charge < -0.3 is 20.3 Å². The van der Waals surface area contributed by atoms with E-state index in [1.54, 1.807) is 17.0 Å². The van der Waals surface area contributed by atoms with Crippen LogP contribution in [0.1, 0.15) is 33.3 Å². The minimum atomic E-state index is -0.521. The summed E-state index contributed by atoms with van der Waals surface area (Å²) in [6.45, 7) is 9.21. The molecule has 1 aliphatic heterocycles. The molecular weight excluding hydrogens is 328 g/mol. The molecule has 1 heterocycles. The molecule has 7 heteroatoms. The molecule has 0 aromatic heterocycles. The van der Waals surface area contributed by atoms with Crippen LogP contribution in [0.4, 0.5) is 16.2 Å². The minimum Gasteiger partial charge on any atom is -0.444 e. The average Bonchev–Trinajstić information content (AvgIpc) is 2.47. The number of amides is 1. The first-order chi connectivity index (χ1) is 11.1. The third-order valence-electron chi connectivity index (χ3n) is 3.81. The van der Waals surface area contributed by atoms with Crippen LogP contribution in [0.5, 0.6) is 0 Å². The minimum absolute atomic E-state index is 0.0448. The van der Waals surface area contributed by atoms with E-state index in [1.807, 2.05) is 32.6 Å². The first-order valence-corrected chi connectivity index (χ1v) is 8.24. The predicted molar refractivity (Wildman–Crippen MR) is 95.2 cm³/mol. The smallest absolute Gasteiger partial charge is 0.410 e. The number of anilines is 2. The van der Waals surface area contributed by atoms with Crippen molar-refractivity contribution < 1.29 is 9.53 Å². The standard InChI is InChI=1S/C17H23ClN4O2/c1-11-10-21(5-6-22(11)16(23)24-17(2,3)4)14-8-12(9-19)7-13(20)15(14)18/h7-8,11H,5-6,10,20H2,1-4H3/t11-/m1/s1. The average molecular weight is 351 g/mol. The number of ether oxygens (including phenoxy) is 1. The monoisotopic (exact) mass is 350 g/mol. The molecule has 1 aromatic rings. The van der Waals surface area contributed by atoms with E-state index in [2.05, 4.69) is 6.07 Å². The number of halogens is 1. The predicted octanol–water partition coefficient (Wildman–Crippen LogP) is 3.24. The van der Waals surface area contributed by atoms with E-state index >= 15 is 0 Å². The Morgan fingerprint density at radius 2 is 2.08 bits per heavy atom. The second kappa shape index (κ2) is 6.78. The van der Waals surface area contributed by atoms with Crippen LogP contribution in [0.15, 0.2) is 12.1 Å². The number of nitrogen functional groups attached to an aromatic ring is 1. The largest absolute Gasteiger partial charge is 0.444 e. The molecule has 6 nitrogen and oxygen atoms in total. The van der Waals surface area contributed by atoms with Crippen molar-refractivity contribution in [2.45, 2.75) is 39.3 Å². The molecule has 1 atom stereocenters. The van der Waals surface area contributed by atoms with Gasteiger partial charge in [0.1, 0.15) is 5.60 Å². The van der Waals surface area contributed by atoms with Gasteiger partial charge in [0, 0.05) is 25.7 Å². The van der Waals surface area contributed by atoms with Crippen molar-refractivity contribution in [3.8, 4) is 6.07 Å². The van der Waals surface area contributed by atoms with E-state index in [0.29, 0.717) is 35.9 Å². The van der Waals surface area contributed by atoms with Crippen LogP contribution in [0, 0.1) is 11.3 Å². The van der Waals surface area contributed by atoms with E-state index in [0.717, 1.165) is 5.69 Å². The Morgan fingerprint density at radius 1 is 1.42 bits per heavy atom. The van der Waals surface area contributed by atoms with Crippen LogP contribution in [0.2, 0.25) is 5.02 Å². The Morgan fingerprint density at radius 3 is 2.62 bits per heavy atom. The molecule has 24 heavy (non-hydrogen) atoms. The number of hydrogen-bond acceptors (Lipinski definition) is 5. The molecule has 130 valence electrons. The Balaban J connectivity index is 2.16. The Hall–Kier alpha value is -2.13. The molecule has 0 spiro atoms. The van der Waals surface area contributed by atoms with Crippen molar-refractivity contribution in [2.75, 3.05) is 30.3 Å². The van der Waals surface area contributed by atoms with Crippen LogP contribution < -0.4 is 10.6 Å². The zero-order valence-corrected chi connectivity index (χ0v) is 15.2. The van der Waals surface area contributed by atoms with Gasteiger partial charge in [0.2, 0.25) is 0 Å². The van der Waals surface area contributed by atoms with Crippen molar-refractivity contribution >= 4 is 29.1 Å². The quantitative estimate of drug-likeness (QED) is 0.786. The molecule has 2 rings (SSSR count). The lowest BCUT2D eigenvalue weighted by molar-refractivity contribution is 0.0159. The number of nitriles is 1. The van der Waals surface area contributed by atoms with Gasteiger partial charge in [0.15, 0.2) is 0 Å². The molecule has 0 radical (unpaired) electrons. The number of carbonyl (C=O) groups excluding carboxylic acids is 1. The third kappa shape index (κ3) is 4.04. The summed E-state index contributed by atoms with van der Waals surface area (Å²) in [5.41, 5.74) is 6.94. The molecule has 1 aliphatic rings. The van der Waals surface area contributed by atoms with Crippen LogP contribution in [-0.4, -0.2) is 42.3 Å². The fraction of sp³-hybridized carbons (Fsp3) is 0.529. The fourth-order valence-electron chi connectivity index (χ4n) is 2.69. The number of carbonyl (C=O) groups is 1. The molecule has 0 unspecified atom stereocenters. The van der Waals surface area contributed by atoms with E-state index < -0.39 is 5.60 Å². The lowest BCUT2D eigenvalue weighted by atomic mass is 10.1. The molecular formula is C17H23ClN4O2. The normalized spacial score (nSPS) is 18.2. The second-order valence-electron chi connectivity index (χ2n) is 6.98. The van der Waals surface area contributed by atoms with Crippen molar-refractivity contribution in [3.05, 3.63) is 22.7 Å². The summed E-state index contributed by atoms with van der Waals surface area (Å²) in [5.74, 6) is 0. The zero-order chi connectivity index (χ0) is 18.1. The molecule has 2 N–H and O–H groups in total. The van der Waals surface area contributed by atoms with Gasteiger partial charge in [0.25, 0.3) is 0 Å². The van der Waals surface area contributed by atoms with Gasteiger partial charge >= 0.3 is 6.09 Å². The highest BCUT2D eigenvalue weighted by Crippen LogP contribution is 2.34. The van der Waals surface area contributed by atoms with E-state index in [9.17, 15) is 4.79 Å². The van der Waals surface area contributed by atoms with Gasteiger partial charge in [-0.05, 0) is 39.8 Å². The van der Waals surface area contributed by atoms with Crippen LogP contribution in [-0.2, 0) is 4.74 Å². The summed E-state index contributed by atoms with van der Waals surface area (Å²) < 4.78 is 5.45. The first-order valence-electron chi connectivity index (χ1n) is 7.86. The van der Waals surface area contributed by atoms with E-state index in [-0.39, 0.29) is 12.1 Å². The molecule has 0 bridgehead atoms. The van der Waals surface area contributed by atoms with E-state index in [1.165, 1.54) is 0 Å². The number of benzene rings is 1. The van der Waals surface area contributed by atoms with Crippen LogP contribution in [0.25, 0.3) is 0 Å². The Kier molecular flexibility index (Phi) is 5.14. The van der Waals surface area contributed by atoms with Gasteiger partial charge in [-0.15, -0.1) is 0 Å². The maximum Gasteiger partial charge on any atom is 0.410 e. The fourth-order valence-corrected chi connectivity index (χ4v) is 2.92. The summed E-state index contributed by atoms with van der Waals surface area (Å²) in [7, 11) is 0. The number of piperazine rings is 1. The topological polar surface area (TPSA) is 82.6 Å². The summed E-state index contributed by atoms with van der Waals surface area (Å²) >= 11 is 6.31. The second-order valence-corrected chi connectivity index (χ2v) is 7.36. The SMILES string of the molecule is C[C@@H]1CN(c2cc(C#N)cc(N)c2Cl)CCN1C(=O)OC(C)(C)C. The van der Waals surface area contributed by atoms with Crippen LogP contribution >= 0.6 is 11.6 Å². The van der Waals surface area contributed by atoms with Gasteiger partial charge in [-0.1, -0.05) is 11.6 Å². The molecule has 0 aliphatic carbocycles. The number of hydrogen-bond donors (Lipinski definition) is 1. The number of rotatable bonds is 1. The molecule has 1 amide bonds. The summed E-state index contributed by atoms with van der Waals surface area (Å²) in [4.78, 5) is 16.0. The van der Waals surface area contributed by atoms with Crippen LogP contribution in [0.3, 0.4) is 0 Å². The zero-order valence-electron chi connectivity index (χ0n) is 14.5. The highest BCUT2D eigenvalue weighted by molar-refractivity contribution is 6.35. The molecule has 0 saturated carbocycles. The van der Waals surface area contributed by atoms with Gasteiger partial charge in [-0.2, -0.15) is 5.26 Å². The van der Waals surface area contributed by atoms with Crippen molar-refractivity contribution in [1.29, 1.82) is 5.26 Å². The summed E-state index contributed by atoms with van der Waals surface area (Å²) in [5, 5.41) is 9.55. The van der Waals surface area contributed by atoms with Crippen molar-refractivity contribution in [2.24, 2.45) is 0 Å². The summed E-state index contributed by atoms with van der Waals surface area (Å²) in [6, 6.07) is 5.34. The van der Waals surface area contributed by atoms with E-state index in [4.69, 9.17) is 27.3 Å². The Bertz CT molecular complexity index is 678. The number of nitrogens with two attached hydrogens (primary N) is 1. The number of nitrogens with zero attached hydrogens (tertiary/aromatic N) is 3. The molecule has 1 fully saturated rings. The molecule has 1 saturated heterocycles. The van der Waals surface area contributed by atoms with Gasteiger partial charge in [-0.25, -0.2) is 4.79 Å². The lowest BCUT2D eigenvalue weighted by Crippen LogP contribution is -2.55. The Labute approximate surface area is 147 Å². The first kappa shape index (κ1) is 18.2. The summed E-state index contributed by atoms with van der Waals surface area (Å²) in [6.07, 6.45) is -0.314. The van der Waals surface area contributed by atoms with Crippen molar-refractivity contribution in [1.82, 2.24) is 4.90 Å². The highest BCUT2D eigenvalue weighted by atomic mass is 35.5. The van der Waals surface area contributed by atoms with Crippen molar-refractivity contribution in [3.63, 3.8) is 0 Å². The van der Waals surface area contributed by atoms with Gasteiger partial charge in [0.05, 0.1) is 28.0 Å². The van der Waals surface area contributed by atoms with Gasteiger partial charge in [-0.3, -0.25) is 0 Å². The highest BCUT2D eigenvalue weighted by Gasteiger charge is 2.31. The third-order valence-corrected chi connectivity index (χ3v) is 4.22. The maximum atomic E-state index is 12.3. The maximum absolute atomic E-state index is 12.3.